The predicted octanol–water partition coefficient (Wildman–Crippen LogP) is 2.92. The van der Waals surface area contributed by atoms with Gasteiger partial charge in [0.25, 0.3) is 0 Å². The molecule has 0 radical (unpaired) electrons. The summed E-state index contributed by atoms with van der Waals surface area (Å²) in [5.74, 6) is 0.871. The van der Waals surface area contributed by atoms with Crippen LogP contribution in [0.15, 0.2) is 12.1 Å². The van der Waals surface area contributed by atoms with Crippen molar-refractivity contribution in [1.82, 2.24) is 5.32 Å². The van der Waals surface area contributed by atoms with Crippen molar-refractivity contribution in [2.45, 2.75) is 45.3 Å². The molecule has 1 atom stereocenters. The maximum atomic E-state index is 13.7. The molecule has 4 heteroatoms. The number of halogens is 1. The summed E-state index contributed by atoms with van der Waals surface area (Å²) in [5.41, 5.74) is 0.880. The zero-order valence-corrected chi connectivity index (χ0v) is 11.8. The second-order valence-electron chi connectivity index (χ2n) is 5.26. The fourth-order valence-corrected chi connectivity index (χ4v) is 2.49. The fraction of sp³-hybridized carbons (Fsp3) is 0.600. The van der Waals surface area contributed by atoms with Gasteiger partial charge >= 0.3 is 0 Å². The average molecular weight is 267 g/mol. The van der Waals surface area contributed by atoms with Crippen molar-refractivity contribution < 1.29 is 13.9 Å². The van der Waals surface area contributed by atoms with E-state index < -0.39 is 0 Å². The van der Waals surface area contributed by atoms with E-state index in [2.05, 4.69) is 5.32 Å². The molecule has 0 aromatic heterocycles. The molecule has 1 saturated heterocycles. The van der Waals surface area contributed by atoms with Crippen LogP contribution in [-0.4, -0.2) is 25.8 Å². The number of hydrogen-bond donors (Lipinski definition) is 1. The van der Waals surface area contributed by atoms with Crippen molar-refractivity contribution in [2.24, 2.45) is 0 Å². The highest BCUT2D eigenvalue weighted by Gasteiger charge is 2.20. The maximum absolute atomic E-state index is 13.7. The molecule has 106 valence electrons. The molecule has 0 spiro atoms. The molecule has 1 heterocycles. The van der Waals surface area contributed by atoms with E-state index in [0.29, 0.717) is 17.5 Å². The Kier molecular flexibility index (Phi) is 4.64. The molecule has 2 rings (SSSR count). The average Bonchev–Trinajstić information content (AvgIpc) is 2.84. The lowest BCUT2D eigenvalue weighted by molar-refractivity contribution is 0.226. The van der Waals surface area contributed by atoms with Gasteiger partial charge in [-0.1, -0.05) is 0 Å². The summed E-state index contributed by atoms with van der Waals surface area (Å²) in [4.78, 5) is 0. The van der Waals surface area contributed by atoms with Crippen LogP contribution in [0.1, 0.15) is 32.3 Å². The monoisotopic (exact) mass is 267 g/mol. The van der Waals surface area contributed by atoms with Crippen molar-refractivity contribution in [3.63, 3.8) is 0 Å². The van der Waals surface area contributed by atoms with E-state index in [-0.39, 0.29) is 11.9 Å². The summed E-state index contributed by atoms with van der Waals surface area (Å²) in [6, 6.07) is 3.34. The van der Waals surface area contributed by atoms with Crippen LogP contribution in [0.2, 0.25) is 0 Å². The number of rotatable bonds is 5. The molecule has 1 aliphatic heterocycles. The van der Waals surface area contributed by atoms with Crippen molar-refractivity contribution in [3.05, 3.63) is 23.5 Å². The van der Waals surface area contributed by atoms with Crippen LogP contribution in [0.3, 0.4) is 0 Å². The van der Waals surface area contributed by atoms with Crippen molar-refractivity contribution in [2.75, 3.05) is 13.7 Å². The molecular formula is C15H22FNO2. The normalized spacial score (nSPS) is 18.9. The van der Waals surface area contributed by atoms with E-state index in [1.807, 2.05) is 13.8 Å². The topological polar surface area (TPSA) is 30.5 Å². The van der Waals surface area contributed by atoms with Gasteiger partial charge in [-0.05, 0) is 45.7 Å². The number of ether oxygens (including phenoxy) is 2. The number of benzene rings is 1. The summed E-state index contributed by atoms with van der Waals surface area (Å²) in [6.07, 6.45) is 3.11. The highest BCUT2D eigenvalue weighted by atomic mass is 19.1. The smallest absolute Gasteiger partial charge is 0.164 e. The van der Waals surface area contributed by atoms with Crippen LogP contribution >= 0.6 is 0 Å². The van der Waals surface area contributed by atoms with Crippen molar-refractivity contribution in [1.29, 1.82) is 0 Å². The molecule has 19 heavy (non-hydrogen) atoms. The van der Waals surface area contributed by atoms with Crippen LogP contribution < -0.4 is 14.8 Å². The summed E-state index contributed by atoms with van der Waals surface area (Å²) in [7, 11) is 1.54. The summed E-state index contributed by atoms with van der Waals surface area (Å²) >= 11 is 0. The molecule has 0 saturated carbocycles. The van der Waals surface area contributed by atoms with E-state index in [9.17, 15) is 4.39 Å². The van der Waals surface area contributed by atoms with E-state index in [4.69, 9.17) is 9.47 Å². The molecule has 1 aromatic rings. The van der Waals surface area contributed by atoms with Gasteiger partial charge in [0.1, 0.15) is 5.82 Å². The largest absolute Gasteiger partial charge is 0.493 e. The Balaban J connectivity index is 2.29. The predicted molar refractivity (Wildman–Crippen MR) is 73.4 cm³/mol. The third-order valence-corrected chi connectivity index (χ3v) is 3.30. The van der Waals surface area contributed by atoms with Gasteiger partial charge in [0.05, 0.1) is 13.2 Å². The molecule has 0 aliphatic carbocycles. The number of methoxy groups -OCH3 is 1. The Bertz CT molecular complexity index is 428. The van der Waals surface area contributed by atoms with Gasteiger partial charge in [-0.25, -0.2) is 4.39 Å². The van der Waals surface area contributed by atoms with Gasteiger partial charge in [0.2, 0.25) is 0 Å². The van der Waals surface area contributed by atoms with Crippen LogP contribution in [-0.2, 0) is 6.42 Å². The van der Waals surface area contributed by atoms with E-state index >= 15 is 0 Å². The second kappa shape index (κ2) is 6.24. The first kappa shape index (κ1) is 14.1. The van der Waals surface area contributed by atoms with E-state index in [0.717, 1.165) is 24.9 Å². The van der Waals surface area contributed by atoms with E-state index in [1.54, 1.807) is 13.2 Å². The minimum atomic E-state index is -0.277. The molecule has 1 N–H and O–H groups in total. The first-order valence-electron chi connectivity index (χ1n) is 6.86. The first-order chi connectivity index (χ1) is 9.10. The lowest BCUT2D eigenvalue weighted by atomic mass is 10.0. The summed E-state index contributed by atoms with van der Waals surface area (Å²) < 4.78 is 24.7. The Morgan fingerprint density at radius 3 is 2.79 bits per heavy atom. The molecule has 1 unspecified atom stereocenters. The minimum absolute atomic E-state index is 0.0367. The lowest BCUT2D eigenvalue weighted by Crippen LogP contribution is -2.24. The molecular weight excluding hydrogens is 245 g/mol. The van der Waals surface area contributed by atoms with Gasteiger partial charge in [-0.15, -0.1) is 0 Å². The highest BCUT2D eigenvalue weighted by molar-refractivity contribution is 5.47. The molecule has 0 bridgehead atoms. The third-order valence-electron chi connectivity index (χ3n) is 3.30. The minimum Gasteiger partial charge on any atom is -0.493 e. The second-order valence-corrected chi connectivity index (χ2v) is 5.26. The van der Waals surface area contributed by atoms with Gasteiger partial charge in [0.15, 0.2) is 11.5 Å². The first-order valence-corrected chi connectivity index (χ1v) is 6.86. The highest BCUT2D eigenvalue weighted by Crippen LogP contribution is 2.34. The Hall–Kier alpha value is -1.29. The molecule has 1 aliphatic rings. The van der Waals surface area contributed by atoms with Crippen LogP contribution in [0.4, 0.5) is 4.39 Å². The molecule has 1 aromatic carbocycles. The van der Waals surface area contributed by atoms with Crippen molar-refractivity contribution in [3.8, 4) is 11.5 Å². The van der Waals surface area contributed by atoms with Crippen LogP contribution in [0, 0.1) is 5.82 Å². The van der Waals surface area contributed by atoms with Crippen LogP contribution in [0.25, 0.3) is 0 Å². The SMILES string of the molecule is COc1cc(F)cc(CC2CCCN2)c1OC(C)C. The molecule has 1 fully saturated rings. The number of hydrogen-bond acceptors (Lipinski definition) is 3. The fourth-order valence-electron chi connectivity index (χ4n) is 2.49. The third kappa shape index (κ3) is 3.60. The molecule has 0 amide bonds. The lowest BCUT2D eigenvalue weighted by Gasteiger charge is -2.19. The summed E-state index contributed by atoms with van der Waals surface area (Å²) in [5, 5.41) is 3.42. The van der Waals surface area contributed by atoms with Gasteiger partial charge in [-0.3, -0.25) is 0 Å². The van der Waals surface area contributed by atoms with Gasteiger partial charge in [0, 0.05) is 17.7 Å². The standard InChI is InChI=1S/C15H22FNO2/c1-10(2)19-15-11(8-13-5-4-6-17-13)7-12(16)9-14(15)18-3/h7,9-10,13,17H,4-6,8H2,1-3H3. The maximum Gasteiger partial charge on any atom is 0.164 e. The zero-order valence-electron chi connectivity index (χ0n) is 11.8. The quantitative estimate of drug-likeness (QED) is 0.889. The van der Waals surface area contributed by atoms with Gasteiger partial charge in [-0.2, -0.15) is 0 Å². The van der Waals surface area contributed by atoms with Gasteiger partial charge < -0.3 is 14.8 Å². The van der Waals surface area contributed by atoms with Crippen LogP contribution in [0.5, 0.6) is 11.5 Å². The Labute approximate surface area is 114 Å². The Morgan fingerprint density at radius 2 is 2.21 bits per heavy atom. The number of nitrogens with one attached hydrogen (secondary N) is 1. The molecule has 3 nitrogen and oxygen atoms in total. The summed E-state index contributed by atoms with van der Waals surface area (Å²) in [6.45, 7) is 4.96. The zero-order chi connectivity index (χ0) is 13.8. The van der Waals surface area contributed by atoms with E-state index in [1.165, 1.54) is 12.5 Å². The van der Waals surface area contributed by atoms with Crippen molar-refractivity contribution >= 4 is 0 Å². The Morgan fingerprint density at radius 1 is 1.42 bits per heavy atom.